The van der Waals surface area contributed by atoms with Gasteiger partial charge in [-0.15, -0.1) is 0 Å². The number of anilines is 1. The number of aliphatic hydroxyl groups excluding tert-OH is 1. The fourth-order valence-corrected chi connectivity index (χ4v) is 3.07. The van der Waals surface area contributed by atoms with Crippen LogP contribution in [0.2, 0.25) is 0 Å². The Hall–Kier alpha value is -2.08. The molecular weight excluding hydrogens is 318 g/mol. The molecule has 0 radical (unpaired) electrons. The predicted molar refractivity (Wildman–Crippen MR) is 96.3 cm³/mol. The number of nitrogens with one attached hydrogen (secondary N) is 3. The number of rotatable bonds is 10. The zero-order valence-electron chi connectivity index (χ0n) is 14.5. The molecule has 0 aromatic heterocycles. The summed E-state index contributed by atoms with van der Waals surface area (Å²) in [6, 6.07) is 7.43. The van der Waals surface area contributed by atoms with Gasteiger partial charge < -0.3 is 21.1 Å². The first-order chi connectivity index (χ1) is 12.2. The number of benzene rings is 1. The van der Waals surface area contributed by atoms with Crippen LogP contribution in [0.3, 0.4) is 0 Å². The van der Waals surface area contributed by atoms with Crippen molar-refractivity contribution >= 4 is 17.5 Å². The van der Waals surface area contributed by atoms with Crippen molar-refractivity contribution in [1.29, 1.82) is 0 Å². The maximum Gasteiger partial charge on any atom is 0.251 e. The highest BCUT2D eigenvalue weighted by Crippen LogP contribution is 2.44. The lowest BCUT2D eigenvalue weighted by atomic mass is 10.1. The van der Waals surface area contributed by atoms with Crippen LogP contribution in [0.15, 0.2) is 24.3 Å². The van der Waals surface area contributed by atoms with Crippen LogP contribution in [0.4, 0.5) is 5.69 Å². The lowest BCUT2D eigenvalue weighted by Crippen LogP contribution is -2.41. The highest BCUT2D eigenvalue weighted by Gasteiger charge is 2.42. The number of hydrogen-bond acceptors (Lipinski definition) is 4. The van der Waals surface area contributed by atoms with Gasteiger partial charge in [0.15, 0.2) is 0 Å². The van der Waals surface area contributed by atoms with E-state index >= 15 is 0 Å². The van der Waals surface area contributed by atoms with Crippen molar-refractivity contribution in [2.24, 2.45) is 11.8 Å². The molecule has 1 aromatic carbocycles. The molecule has 4 N–H and O–H groups in total. The monoisotopic (exact) mass is 345 g/mol. The molecule has 3 rings (SSSR count). The van der Waals surface area contributed by atoms with E-state index in [-0.39, 0.29) is 25.0 Å². The standard InChI is InChI=1S/C19H27N3O3/c23-11-1-10-20-19(25)15-6-8-16(9-7-15)21-12-17(24)22-18(13-2-3-13)14-4-5-14/h6-9,13-14,18,21,23H,1-5,10-12H2,(H,20,25)(H,22,24). The molecule has 2 amide bonds. The molecule has 0 spiro atoms. The molecule has 2 saturated carbocycles. The molecule has 0 saturated heterocycles. The normalized spacial score (nSPS) is 16.6. The Morgan fingerprint density at radius 1 is 1.08 bits per heavy atom. The second-order valence-corrected chi connectivity index (χ2v) is 7.03. The SMILES string of the molecule is O=C(CNc1ccc(C(=O)NCCCO)cc1)NC(C1CC1)C1CC1. The van der Waals surface area contributed by atoms with Crippen molar-refractivity contribution in [2.45, 2.75) is 38.1 Å². The molecule has 0 unspecified atom stereocenters. The van der Waals surface area contributed by atoms with Crippen LogP contribution in [0, 0.1) is 11.8 Å². The van der Waals surface area contributed by atoms with Crippen LogP contribution in [-0.2, 0) is 4.79 Å². The van der Waals surface area contributed by atoms with Crippen LogP contribution in [0.25, 0.3) is 0 Å². The summed E-state index contributed by atoms with van der Waals surface area (Å²) in [4.78, 5) is 24.0. The van der Waals surface area contributed by atoms with Gasteiger partial charge in [-0.05, 0) is 68.2 Å². The van der Waals surface area contributed by atoms with Crippen molar-refractivity contribution in [2.75, 3.05) is 25.0 Å². The Labute approximate surface area is 148 Å². The summed E-state index contributed by atoms with van der Waals surface area (Å²) in [5.41, 5.74) is 1.38. The number of carbonyl (C=O) groups is 2. The van der Waals surface area contributed by atoms with Gasteiger partial charge in [-0.25, -0.2) is 0 Å². The van der Waals surface area contributed by atoms with Gasteiger partial charge in [0.25, 0.3) is 5.91 Å². The molecule has 1 aromatic rings. The fourth-order valence-electron chi connectivity index (χ4n) is 3.07. The van der Waals surface area contributed by atoms with Gasteiger partial charge in [-0.1, -0.05) is 0 Å². The van der Waals surface area contributed by atoms with Crippen LogP contribution in [-0.4, -0.2) is 42.7 Å². The topological polar surface area (TPSA) is 90.5 Å². The minimum absolute atomic E-state index is 0.0367. The Morgan fingerprint density at radius 2 is 1.72 bits per heavy atom. The summed E-state index contributed by atoms with van der Waals surface area (Å²) >= 11 is 0. The average Bonchev–Trinajstić information content (AvgIpc) is 3.51. The largest absolute Gasteiger partial charge is 0.396 e. The molecule has 0 atom stereocenters. The van der Waals surface area contributed by atoms with Gasteiger partial charge in [-0.3, -0.25) is 9.59 Å². The van der Waals surface area contributed by atoms with Gasteiger partial charge in [0.2, 0.25) is 5.91 Å². The lowest BCUT2D eigenvalue weighted by molar-refractivity contribution is -0.120. The third-order valence-corrected chi connectivity index (χ3v) is 4.81. The van der Waals surface area contributed by atoms with Crippen molar-refractivity contribution in [3.8, 4) is 0 Å². The summed E-state index contributed by atoms with van der Waals surface area (Å²) in [7, 11) is 0. The average molecular weight is 345 g/mol. The van der Waals surface area contributed by atoms with E-state index in [9.17, 15) is 9.59 Å². The minimum atomic E-state index is -0.158. The molecular formula is C19H27N3O3. The second kappa shape index (κ2) is 8.34. The molecule has 2 aliphatic rings. The first-order valence-electron chi connectivity index (χ1n) is 9.19. The third-order valence-electron chi connectivity index (χ3n) is 4.81. The Balaban J connectivity index is 1.41. The zero-order valence-corrected chi connectivity index (χ0v) is 14.5. The molecule has 0 aliphatic heterocycles. The molecule has 2 aliphatic carbocycles. The van der Waals surface area contributed by atoms with E-state index in [4.69, 9.17) is 5.11 Å². The number of carbonyl (C=O) groups excluding carboxylic acids is 2. The van der Waals surface area contributed by atoms with E-state index < -0.39 is 0 Å². The Bertz CT molecular complexity index is 582. The summed E-state index contributed by atoms with van der Waals surface area (Å²) in [5, 5.41) is 17.8. The first-order valence-corrected chi connectivity index (χ1v) is 9.19. The second-order valence-electron chi connectivity index (χ2n) is 7.03. The third kappa shape index (κ3) is 5.46. The lowest BCUT2D eigenvalue weighted by Gasteiger charge is -2.18. The molecule has 6 nitrogen and oxygen atoms in total. The summed E-state index contributed by atoms with van der Waals surface area (Å²) in [6.45, 7) is 0.768. The summed E-state index contributed by atoms with van der Waals surface area (Å²) < 4.78 is 0. The van der Waals surface area contributed by atoms with E-state index in [1.165, 1.54) is 25.7 Å². The van der Waals surface area contributed by atoms with E-state index in [2.05, 4.69) is 16.0 Å². The van der Waals surface area contributed by atoms with Crippen molar-refractivity contribution in [3.05, 3.63) is 29.8 Å². The van der Waals surface area contributed by atoms with Crippen molar-refractivity contribution < 1.29 is 14.7 Å². The predicted octanol–water partition coefficient (Wildman–Crippen LogP) is 1.52. The van der Waals surface area contributed by atoms with E-state index in [0.717, 1.165) is 5.69 Å². The van der Waals surface area contributed by atoms with Gasteiger partial charge in [0.05, 0.1) is 6.54 Å². The van der Waals surface area contributed by atoms with Gasteiger partial charge in [0, 0.05) is 30.4 Å². The van der Waals surface area contributed by atoms with Gasteiger partial charge >= 0.3 is 0 Å². The smallest absolute Gasteiger partial charge is 0.251 e. The van der Waals surface area contributed by atoms with Crippen LogP contribution in [0.1, 0.15) is 42.5 Å². The number of amides is 2. The zero-order chi connectivity index (χ0) is 17.6. The fraction of sp³-hybridized carbons (Fsp3) is 0.579. The minimum Gasteiger partial charge on any atom is -0.396 e. The first kappa shape index (κ1) is 17.7. The molecule has 136 valence electrons. The number of hydrogen-bond donors (Lipinski definition) is 4. The summed E-state index contributed by atoms with van der Waals surface area (Å²) in [6.07, 6.45) is 5.53. The maximum absolute atomic E-state index is 12.2. The maximum atomic E-state index is 12.2. The highest BCUT2D eigenvalue weighted by atomic mass is 16.3. The quantitative estimate of drug-likeness (QED) is 0.484. The van der Waals surface area contributed by atoms with Crippen LogP contribution in [0.5, 0.6) is 0 Å². The van der Waals surface area contributed by atoms with Crippen molar-refractivity contribution in [3.63, 3.8) is 0 Å². The van der Waals surface area contributed by atoms with Crippen LogP contribution >= 0.6 is 0 Å². The van der Waals surface area contributed by atoms with E-state index in [0.29, 0.717) is 36.4 Å². The van der Waals surface area contributed by atoms with Gasteiger partial charge in [-0.2, -0.15) is 0 Å². The molecule has 0 bridgehead atoms. The molecule has 6 heteroatoms. The molecule has 0 heterocycles. The van der Waals surface area contributed by atoms with E-state index in [1.807, 2.05) is 0 Å². The summed E-state index contributed by atoms with van der Waals surface area (Å²) in [5.74, 6) is 1.27. The Kier molecular flexibility index (Phi) is 5.91. The van der Waals surface area contributed by atoms with Crippen LogP contribution < -0.4 is 16.0 Å². The molecule has 2 fully saturated rings. The van der Waals surface area contributed by atoms with E-state index in [1.54, 1.807) is 24.3 Å². The number of aliphatic hydroxyl groups is 1. The molecule has 25 heavy (non-hydrogen) atoms. The van der Waals surface area contributed by atoms with Crippen molar-refractivity contribution in [1.82, 2.24) is 10.6 Å². The Morgan fingerprint density at radius 3 is 2.28 bits per heavy atom. The van der Waals surface area contributed by atoms with Gasteiger partial charge in [0.1, 0.15) is 0 Å². The highest BCUT2D eigenvalue weighted by molar-refractivity contribution is 5.94.